The fourth-order valence-corrected chi connectivity index (χ4v) is 4.56. The predicted octanol–water partition coefficient (Wildman–Crippen LogP) is 5.79. The summed E-state index contributed by atoms with van der Waals surface area (Å²) in [6.07, 6.45) is 2.53. The van der Waals surface area contributed by atoms with E-state index in [1.165, 1.54) is 42.3 Å². The van der Waals surface area contributed by atoms with Crippen molar-refractivity contribution in [3.63, 3.8) is 0 Å². The van der Waals surface area contributed by atoms with E-state index >= 15 is 0 Å². The fraction of sp³-hybridized carbons (Fsp3) is 0.360. The molecule has 158 valence electrons. The summed E-state index contributed by atoms with van der Waals surface area (Å²) in [5.41, 5.74) is 1.92. The number of hydrogen-bond donors (Lipinski definition) is 1. The SMILES string of the molecule is CCN1CCC[C@H]1CNCc1c(OCc2ccc(F)cc2Cl)ccc2ccccc12. The first-order valence-corrected chi connectivity index (χ1v) is 11.1. The Hall–Kier alpha value is -2.14. The molecule has 0 aliphatic carbocycles. The highest BCUT2D eigenvalue weighted by Gasteiger charge is 2.22. The predicted molar refractivity (Wildman–Crippen MR) is 122 cm³/mol. The van der Waals surface area contributed by atoms with Crippen LogP contribution in [0.2, 0.25) is 5.02 Å². The molecule has 0 radical (unpaired) electrons. The zero-order valence-electron chi connectivity index (χ0n) is 17.3. The summed E-state index contributed by atoms with van der Waals surface area (Å²) in [6.45, 7) is 6.55. The summed E-state index contributed by atoms with van der Waals surface area (Å²) >= 11 is 6.18. The molecule has 0 aromatic heterocycles. The van der Waals surface area contributed by atoms with E-state index in [2.05, 4.69) is 47.5 Å². The minimum atomic E-state index is -0.340. The third-order valence-electron chi connectivity index (χ3n) is 5.98. The molecule has 3 aromatic rings. The Bertz CT molecular complexity index is 1010. The molecule has 0 amide bonds. The second-order valence-electron chi connectivity index (χ2n) is 7.84. The minimum Gasteiger partial charge on any atom is -0.488 e. The van der Waals surface area contributed by atoms with Crippen molar-refractivity contribution in [3.05, 3.63) is 76.6 Å². The molecule has 1 heterocycles. The lowest BCUT2D eigenvalue weighted by Gasteiger charge is -2.23. The number of rotatable bonds is 8. The summed E-state index contributed by atoms with van der Waals surface area (Å²) in [6, 6.07) is 17.5. The van der Waals surface area contributed by atoms with Crippen LogP contribution in [0.1, 0.15) is 30.9 Å². The quantitative estimate of drug-likeness (QED) is 0.493. The highest BCUT2D eigenvalue weighted by atomic mass is 35.5. The summed E-state index contributed by atoms with van der Waals surface area (Å²) in [7, 11) is 0. The standard InChI is InChI=1S/C25H28ClFN2O/c1-2-29-13-5-7-21(29)15-28-16-23-22-8-4-3-6-18(22)10-12-25(23)30-17-19-9-11-20(27)14-24(19)26/h3-4,6,8-12,14,21,28H,2,5,7,13,15-17H2,1H3/t21-/m0/s1. The molecule has 1 aliphatic rings. The average molecular weight is 427 g/mol. The molecule has 3 nitrogen and oxygen atoms in total. The van der Waals surface area contributed by atoms with Gasteiger partial charge in [-0.25, -0.2) is 4.39 Å². The van der Waals surface area contributed by atoms with Crippen molar-refractivity contribution in [1.29, 1.82) is 0 Å². The summed E-state index contributed by atoms with van der Waals surface area (Å²) < 4.78 is 19.5. The Morgan fingerprint density at radius 3 is 2.87 bits per heavy atom. The van der Waals surface area contributed by atoms with Crippen molar-refractivity contribution in [3.8, 4) is 5.75 Å². The van der Waals surface area contributed by atoms with Crippen LogP contribution in [-0.2, 0) is 13.2 Å². The van der Waals surface area contributed by atoms with Gasteiger partial charge in [-0.05, 0) is 54.9 Å². The fourth-order valence-electron chi connectivity index (χ4n) is 4.33. The van der Waals surface area contributed by atoms with Gasteiger partial charge >= 0.3 is 0 Å². The lowest BCUT2D eigenvalue weighted by molar-refractivity contribution is 0.259. The van der Waals surface area contributed by atoms with Crippen molar-refractivity contribution < 1.29 is 9.13 Å². The van der Waals surface area contributed by atoms with Crippen molar-refractivity contribution >= 4 is 22.4 Å². The molecule has 0 bridgehead atoms. The van der Waals surface area contributed by atoms with Crippen LogP contribution in [0.5, 0.6) is 5.75 Å². The van der Waals surface area contributed by atoms with Gasteiger partial charge in [-0.2, -0.15) is 0 Å². The molecular weight excluding hydrogens is 399 g/mol. The van der Waals surface area contributed by atoms with E-state index in [0.29, 0.717) is 17.7 Å². The topological polar surface area (TPSA) is 24.5 Å². The molecule has 1 atom stereocenters. The molecular formula is C25H28ClFN2O. The van der Waals surface area contributed by atoms with E-state index in [0.717, 1.165) is 36.5 Å². The van der Waals surface area contributed by atoms with Gasteiger partial charge in [-0.3, -0.25) is 4.90 Å². The van der Waals surface area contributed by atoms with Gasteiger partial charge in [0.05, 0.1) is 5.02 Å². The lowest BCUT2D eigenvalue weighted by Crippen LogP contribution is -2.37. The molecule has 0 unspecified atom stereocenters. The Morgan fingerprint density at radius 1 is 1.17 bits per heavy atom. The summed E-state index contributed by atoms with van der Waals surface area (Å²) in [5.74, 6) is 0.493. The molecule has 1 aliphatic heterocycles. The van der Waals surface area contributed by atoms with Gasteiger partial charge in [0.15, 0.2) is 0 Å². The van der Waals surface area contributed by atoms with E-state index in [4.69, 9.17) is 16.3 Å². The summed E-state index contributed by atoms with van der Waals surface area (Å²) in [5, 5.41) is 6.42. The maximum absolute atomic E-state index is 13.3. The van der Waals surface area contributed by atoms with Gasteiger partial charge in [0.25, 0.3) is 0 Å². The molecule has 5 heteroatoms. The Labute approximate surface area is 182 Å². The molecule has 4 rings (SSSR count). The molecule has 1 N–H and O–H groups in total. The zero-order valence-corrected chi connectivity index (χ0v) is 18.1. The number of fused-ring (bicyclic) bond motifs is 1. The van der Waals surface area contributed by atoms with Crippen LogP contribution in [0.4, 0.5) is 4.39 Å². The van der Waals surface area contributed by atoms with E-state index in [1.54, 1.807) is 6.07 Å². The van der Waals surface area contributed by atoms with Gasteiger partial charge in [-0.15, -0.1) is 0 Å². The normalized spacial score (nSPS) is 17.0. The number of likely N-dealkylation sites (N-methyl/N-ethyl adjacent to an activating group) is 1. The van der Waals surface area contributed by atoms with Crippen molar-refractivity contribution in [1.82, 2.24) is 10.2 Å². The van der Waals surface area contributed by atoms with E-state index in [1.807, 2.05) is 6.07 Å². The third-order valence-corrected chi connectivity index (χ3v) is 6.33. The smallest absolute Gasteiger partial charge is 0.124 e. The van der Waals surface area contributed by atoms with Gasteiger partial charge in [0, 0.05) is 30.3 Å². The molecule has 1 fully saturated rings. The van der Waals surface area contributed by atoms with Crippen LogP contribution in [0.15, 0.2) is 54.6 Å². The van der Waals surface area contributed by atoms with Crippen molar-refractivity contribution in [2.75, 3.05) is 19.6 Å². The minimum absolute atomic E-state index is 0.302. The van der Waals surface area contributed by atoms with Crippen LogP contribution in [-0.4, -0.2) is 30.6 Å². The second-order valence-corrected chi connectivity index (χ2v) is 8.25. The number of nitrogens with zero attached hydrogens (tertiary/aromatic N) is 1. The van der Waals surface area contributed by atoms with Crippen LogP contribution in [0, 0.1) is 5.82 Å². The molecule has 3 aromatic carbocycles. The number of ether oxygens (including phenoxy) is 1. The molecule has 30 heavy (non-hydrogen) atoms. The maximum atomic E-state index is 13.3. The summed E-state index contributed by atoms with van der Waals surface area (Å²) in [4.78, 5) is 2.55. The van der Waals surface area contributed by atoms with Gasteiger partial charge < -0.3 is 10.1 Å². The van der Waals surface area contributed by atoms with Gasteiger partial charge in [0.2, 0.25) is 0 Å². The first-order valence-electron chi connectivity index (χ1n) is 10.7. The highest BCUT2D eigenvalue weighted by molar-refractivity contribution is 6.31. The van der Waals surface area contributed by atoms with Crippen LogP contribution in [0.25, 0.3) is 10.8 Å². The second kappa shape index (κ2) is 9.78. The average Bonchev–Trinajstić information content (AvgIpc) is 3.21. The van der Waals surface area contributed by atoms with E-state index in [9.17, 15) is 4.39 Å². The number of halogens is 2. The van der Waals surface area contributed by atoms with Gasteiger partial charge in [0.1, 0.15) is 18.2 Å². The monoisotopic (exact) mass is 426 g/mol. The van der Waals surface area contributed by atoms with Gasteiger partial charge in [-0.1, -0.05) is 54.9 Å². The Morgan fingerprint density at radius 2 is 2.03 bits per heavy atom. The van der Waals surface area contributed by atoms with Crippen molar-refractivity contribution in [2.24, 2.45) is 0 Å². The molecule has 0 saturated carbocycles. The lowest BCUT2D eigenvalue weighted by atomic mass is 10.0. The number of nitrogens with one attached hydrogen (secondary N) is 1. The highest BCUT2D eigenvalue weighted by Crippen LogP contribution is 2.30. The first kappa shape index (κ1) is 21.1. The Balaban J connectivity index is 1.52. The van der Waals surface area contributed by atoms with Crippen LogP contribution >= 0.6 is 11.6 Å². The van der Waals surface area contributed by atoms with Crippen molar-refractivity contribution in [2.45, 2.75) is 39.0 Å². The van der Waals surface area contributed by atoms with Crippen LogP contribution in [0.3, 0.4) is 0 Å². The first-order chi connectivity index (χ1) is 14.7. The van der Waals surface area contributed by atoms with E-state index < -0.39 is 0 Å². The largest absolute Gasteiger partial charge is 0.488 e. The zero-order chi connectivity index (χ0) is 20.9. The Kier molecular flexibility index (Phi) is 6.88. The maximum Gasteiger partial charge on any atom is 0.124 e. The third kappa shape index (κ3) is 4.77. The number of hydrogen-bond acceptors (Lipinski definition) is 3. The molecule has 1 saturated heterocycles. The molecule has 0 spiro atoms. The number of benzene rings is 3. The number of likely N-dealkylation sites (tertiary alicyclic amines) is 1. The van der Waals surface area contributed by atoms with E-state index in [-0.39, 0.29) is 5.82 Å². The van der Waals surface area contributed by atoms with Crippen LogP contribution < -0.4 is 10.1 Å².